The fourth-order valence-electron chi connectivity index (χ4n) is 6.07. The molecule has 0 amide bonds. The van der Waals surface area contributed by atoms with E-state index in [2.05, 4.69) is 79.2 Å². The molecule has 1 heterocycles. The van der Waals surface area contributed by atoms with E-state index < -0.39 is 0 Å². The monoisotopic (exact) mass is 465 g/mol. The average Bonchev–Trinajstić information content (AvgIpc) is 3.44. The molecule has 0 unspecified atom stereocenters. The van der Waals surface area contributed by atoms with Gasteiger partial charge in [-0.05, 0) is 70.8 Å². The van der Waals surface area contributed by atoms with Crippen LogP contribution in [0.4, 0.5) is 4.39 Å². The molecule has 5 rings (SSSR count). The third-order valence-corrected chi connectivity index (χ3v) is 7.65. The maximum absolute atomic E-state index is 14.6. The maximum Gasteiger partial charge on any atom is 0.235 e. The Bertz CT molecular complexity index is 1270. The van der Waals surface area contributed by atoms with Crippen molar-refractivity contribution < 1.29 is 9.13 Å². The largest absolute Gasteiger partial charge is 0.472 e. The molecular weight excluding hydrogens is 433 g/mol. The van der Waals surface area contributed by atoms with Gasteiger partial charge in [-0.2, -0.15) is 0 Å². The van der Waals surface area contributed by atoms with Crippen molar-refractivity contribution in [3.05, 3.63) is 125 Å². The minimum absolute atomic E-state index is 0.0516. The predicted octanol–water partition coefficient (Wildman–Crippen LogP) is 7.70. The van der Waals surface area contributed by atoms with E-state index in [0.29, 0.717) is 12.5 Å². The molecular formula is C32H32FNO. The lowest BCUT2D eigenvalue weighted by Crippen LogP contribution is -2.28. The van der Waals surface area contributed by atoms with Gasteiger partial charge in [-0.1, -0.05) is 73.8 Å². The minimum Gasteiger partial charge on any atom is -0.472 e. The van der Waals surface area contributed by atoms with E-state index in [1.54, 1.807) is 12.1 Å². The summed E-state index contributed by atoms with van der Waals surface area (Å²) in [6, 6.07) is 20.4. The Kier molecular flexibility index (Phi) is 6.36. The van der Waals surface area contributed by atoms with Crippen molar-refractivity contribution in [3.8, 4) is 11.1 Å². The van der Waals surface area contributed by atoms with Crippen molar-refractivity contribution in [1.29, 1.82) is 0 Å². The van der Waals surface area contributed by atoms with Crippen molar-refractivity contribution >= 4 is 0 Å². The van der Waals surface area contributed by atoms with Crippen molar-refractivity contribution in [2.75, 3.05) is 13.2 Å². The van der Waals surface area contributed by atoms with Gasteiger partial charge in [0.2, 0.25) is 5.88 Å². The van der Waals surface area contributed by atoms with E-state index in [1.807, 2.05) is 13.0 Å². The summed E-state index contributed by atoms with van der Waals surface area (Å²) in [6.45, 7) is 13.5. The summed E-state index contributed by atoms with van der Waals surface area (Å²) in [5, 5.41) is 0. The highest BCUT2D eigenvalue weighted by molar-refractivity contribution is 5.78. The Morgan fingerprint density at radius 3 is 2.34 bits per heavy atom. The number of likely N-dealkylation sites (tertiary alicyclic amines) is 1. The lowest BCUT2D eigenvalue weighted by atomic mass is 9.87. The van der Waals surface area contributed by atoms with Gasteiger partial charge in [0.25, 0.3) is 0 Å². The van der Waals surface area contributed by atoms with Crippen LogP contribution in [0.15, 0.2) is 91.5 Å². The molecule has 3 aromatic carbocycles. The first-order chi connectivity index (χ1) is 17.1. The van der Waals surface area contributed by atoms with E-state index in [1.165, 1.54) is 27.8 Å². The molecule has 1 fully saturated rings. The van der Waals surface area contributed by atoms with Crippen LogP contribution in [-0.2, 0) is 11.2 Å². The number of fused-ring (bicyclic) bond motifs is 3. The van der Waals surface area contributed by atoms with Crippen molar-refractivity contribution in [3.63, 3.8) is 0 Å². The number of nitrogens with zero attached hydrogens (tertiary/aromatic N) is 1. The summed E-state index contributed by atoms with van der Waals surface area (Å²) in [5.41, 5.74) is 11.4. The lowest BCUT2D eigenvalue weighted by Gasteiger charge is -2.32. The summed E-state index contributed by atoms with van der Waals surface area (Å²) in [7, 11) is 0. The molecule has 2 nitrogen and oxygen atoms in total. The minimum atomic E-state index is -0.200. The van der Waals surface area contributed by atoms with Crippen LogP contribution in [-0.4, -0.2) is 18.1 Å². The number of hydrogen-bond donors (Lipinski definition) is 0. The first-order valence-electron chi connectivity index (χ1n) is 12.5. The summed E-state index contributed by atoms with van der Waals surface area (Å²) in [4.78, 5) is 2.21. The summed E-state index contributed by atoms with van der Waals surface area (Å²) in [6.07, 6.45) is 3.77. The maximum atomic E-state index is 14.6. The molecule has 178 valence electrons. The zero-order valence-corrected chi connectivity index (χ0v) is 20.6. The van der Waals surface area contributed by atoms with Crippen LogP contribution in [0.5, 0.6) is 0 Å². The normalized spacial score (nSPS) is 18.7. The zero-order valence-electron chi connectivity index (χ0n) is 20.6. The number of benzene rings is 3. The molecule has 0 radical (unpaired) electrons. The Labute approximate surface area is 208 Å². The molecule has 0 bridgehead atoms. The number of rotatable bonds is 7. The van der Waals surface area contributed by atoms with Crippen LogP contribution < -0.4 is 0 Å². The fraction of sp³-hybridized carbons (Fsp3) is 0.281. The van der Waals surface area contributed by atoms with E-state index in [-0.39, 0.29) is 23.7 Å². The lowest BCUT2D eigenvalue weighted by molar-refractivity contribution is 0.0972. The van der Waals surface area contributed by atoms with Crippen LogP contribution in [0.2, 0.25) is 0 Å². The standard InChI is InChI=1S/C32H32FNO/c1-5-22-16-17-34(32(22)29-19-23(33)18-21(4)24(29)6-2)31(7-3)35-20-30-27-14-10-8-12-25(27)26-13-9-11-15-28(26)30/h5,8-15,18-19,22,30,32H,1,3,6,16-17,20H2,2,4H3/t22-,32+/m1/s1. The molecule has 1 aliphatic carbocycles. The second kappa shape index (κ2) is 9.60. The van der Waals surface area contributed by atoms with Crippen LogP contribution in [0.25, 0.3) is 11.1 Å². The van der Waals surface area contributed by atoms with E-state index in [4.69, 9.17) is 4.74 Å². The van der Waals surface area contributed by atoms with Gasteiger partial charge in [-0.15, -0.1) is 6.58 Å². The van der Waals surface area contributed by atoms with E-state index in [0.717, 1.165) is 30.5 Å². The second-order valence-corrected chi connectivity index (χ2v) is 9.49. The van der Waals surface area contributed by atoms with E-state index >= 15 is 0 Å². The van der Waals surface area contributed by atoms with Crippen LogP contribution >= 0.6 is 0 Å². The summed E-state index contributed by atoms with van der Waals surface area (Å²) in [5.74, 6) is 0.768. The Morgan fingerprint density at radius 2 is 1.74 bits per heavy atom. The molecule has 0 saturated carbocycles. The molecule has 1 saturated heterocycles. The molecule has 0 spiro atoms. The zero-order chi connectivity index (χ0) is 24.5. The van der Waals surface area contributed by atoms with Crippen molar-refractivity contribution in [1.82, 2.24) is 4.90 Å². The highest BCUT2D eigenvalue weighted by Gasteiger charge is 2.38. The van der Waals surface area contributed by atoms with Gasteiger partial charge < -0.3 is 9.64 Å². The quantitative estimate of drug-likeness (QED) is 0.201. The molecule has 3 aromatic rings. The molecule has 1 aliphatic heterocycles. The smallest absolute Gasteiger partial charge is 0.235 e. The van der Waals surface area contributed by atoms with Gasteiger partial charge in [0.15, 0.2) is 0 Å². The molecule has 2 atom stereocenters. The van der Waals surface area contributed by atoms with Gasteiger partial charge in [0.05, 0.1) is 6.04 Å². The van der Waals surface area contributed by atoms with Crippen LogP contribution in [0, 0.1) is 18.7 Å². The van der Waals surface area contributed by atoms with Gasteiger partial charge in [0.1, 0.15) is 12.4 Å². The first-order valence-corrected chi connectivity index (χ1v) is 12.5. The molecule has 2 aliphatic rings. The van der Waals surface area contributed by atoms with Crippen LogP contribution in [0.1, 0.15) is 53.1 Å². The Balaban J connectivity index is 1.46. The highest BCUT2D eigenvalue weighted by Crippen LogP contribution is 2.46. The Morgan fingerprint density at radius 1 is 1.09 bits per heavy atom. The highest BCUT2D eigenvalue weighted by atomic mass is 19.1. The second-order valence-electron chi connectivity index (χ2n) is 9.49. The van der Waals surface area contributed by atoms with Crippen molar-refractivity contribution in [2.24, 2.45) is 5.92 Å². The summed E-state index contributed by atoms with van der Waals surface area (Å²) >= 11 is 0. The summed E-state index contributed by atoms with van der Waals surface area (Å²) < 4.78 is 21.1. The van der Waals surface area contributed by atoms with Crippen LogP contribution in [0.3, 0.4) is 0 Å². The third-order valence-electron chi connectivity index (χ3n) is 7.65. The first kappa shape index (κ1) is 23.2. The molecule has 0 aromatic heterocycles. The number of hydrogen-bond acceptors (Lipinski definition) is 2. The number of aryl methyl sites for hydroxylation is 1. The van der Waals surface area contributed by atoms with Gasteiger partial charge in [-0.25, -0.2) is 4.39 Å². The fourth-order valence-corrected chi connectivity index (χ4v) is 6.07. The average molecular weight is 466 g/mol. The molecule has 3 heteroatoms. The van der Waals surface area contributed by atoms with E-state index in [9.17, 15) is 4.39 Å². The van der Waals surface area contributed by atoms with Gasteiger partial charge in [-0.3, -0.25) is 0 Å². The SMILES string of the molecule is C=C=C(OCC1c2ccccc2-c2ccccc21)N1CC[C@@H](C=C)[C@H]1c1cc(F)cc(C)c1CC. The third kappa shape index (κ3) is 4.00. The number of halogens is 1. The molecule has 0 N–H and O–H groups in total. The Hall–Kier alpha value is -3.55. The van der Waals surface area contributed by atoms with Gasteiger partial charge >= 0.3 is 0 Å². The van der Waals surface area contributed by atoms with Crippen molar-refractivity contribution in [2.45, 2.75) is 38.6 Å². The number of ether oxygens (including phenoxy) is 1. The topological polar surface area (TPSA) is 12.5 Å². The predicted molar refractivity (Wildman–Crippen MR) is 141 cm³/mol. The van der Waals surface area contributed by atoms with Gasteiger partial charge in [0, 0.05) is 18.4 Å². The molecule has 35 heavy (non-hydrogen) atoms.